The van der Waals surface area contributed by atoms with E-state index in [1.165, 1.54) is 6.07 Å². The molecule has 2 fully saturated rings. The monoisotopic (exact) mass is 394 g/mol. The number of ether oxygens (including phenoxy) is 1. The summed E-state index contributed by atoms with van der Waals surface area (Å²) in [7, 11) is 1.55. The molecule has 0 amide bonds. The van der Waals surface area contributed by atoms with Gasteiger partial charge in [-0.2, -0.15) is 4.98 Å². The number of nitrogens with zero attached hydrogens (tertiary/aromatic N) is 4. The first-order valence-corrected chi connectivity index (χ1v) is 10.0. The molecule has 3 aromatic rings. The molecule has 0 saturated carbocycles. The van der Waals surface area contributed by atoms with Gasteiger partial charge < -0.3 is 9.26 Å². The molecule has 2 bridgehead atoms. The molecular weight excluding hydrogens is 371 g/mol. The zero-order chi connectivity index (χ0) is 19.8. The Morgan fingerprint density at radius 2 is 1.90 bits per heavy atom. The van der Waals surface area contributed by atoms with Crippen molar-refractivity contribution in [2.45, 2.75) is 50.2 Å². The third-order valence-corrected chi connectivity index (χ3v) is 6.23. The van der Waals surface area contributed by atoms with E-state index in [2.05, 4.69) is 20.0 Å². The maximum absolute atomic E-state index is 14.4. The highest BCUT2D eigenvalue weighted by Crippen LogP contribution is 2.43. The van der Waals surface area contributed by atoms with Crippen LogP contribution in [0.25, 0.3) is 11.4 Å². The fourth-order valence-corrected chi connectivity index (χ4v) is 4.73. The number of piperidine rings is 1. The van der Waals surface area contributed by atoms with Crippen LogP contribution < -0.4 is 4.74 Å². The topological polar surface area (TPSA) is 64.3 Å². The summed E-state index contributed by atoms with van der Waals surface area (Å²) < 4.78 is 25.1. The number of hydrogen-bond acceptors (Lipinski definition) is 6. The van der Waals surface area contributed by atoms with Crippen molar-refractivity contribution in [1.29, 1.82) is 0 Å². The highest BCUT2D eigenvalue weighted by Gasteiger charge is 2.42. The predicted molar refractivity (Wildman–Crippen MR) is 105 cm³/mol. The Kier molecular flexibility index (Phi) is 4.75. The molecule has 4 heterocycles. The minimum atomic E-state index is -0.204. The quantitative estimate of drug-likeness (QED) is 0.647. The molecule has 6 nitrogen and oxygen atoms in total. The number of benzene rings is 1. The summed E-state index contributed by atoms with van der Waals surface area (Å²) in [6, 6.07) is 9.70. The minimum absolute atomic E-state index is 0.204. The van der Waals surface area contributed by atoms with E-state index in [0.717, 1.165) is 36.8 Å². The van der Waals surface area contributed by atoms with E-state index in [-0.39, 0.29) is 11.7 Å². The number of rotatable bonds is 5. The number of pyridine rings is 1. The van der Waals surface area contributed by atoms with Crippen molar-refractivity contribution in [2.24, 2.45) is 0 Å². The first kappa shape index (κ1) is 18.2. The smallest absolute Gasteiger partial charge is 0.230 e. The first-order valence-electron chi connectivity index (χ1n) is 10.0. The Balaban J connectivity index is 1.30. The second kappa shape index (κ2) is 7.55. The van der Waals surface area contributed by atoms with Crippen molar-refractivity contribution >= 4 is 0 Å². The molecule has 2 saturated heterocycles. The lowest BCUT2D eigenvalue weighted by Crippen LogP contribution is -2.41. The number of methoxy groups -OCH3 is 1. The standard InChI is InChI=1S/C22H23FN4O2/c1-28-19-5-2-15(20(23)12-19)13-27-17-3-4-18(27)11-16(10-17)22-25-21(26-29-22)14-6-8-24-9-7-14/h2,5-9,12,16-18H,3-4,10-11,13H2,1H3/t16?,17-,18+. The molecule has 2 aliphatic rings. The Hall–Kier alpha value is -2.80. The molecule has 0 N–H and O–H groups in total. The van der Waals surface area contributed by atoms with Gasteiger partial charge in [-0.25, -0.2) is 4.39 Å². The molecule has 0 spiro atoms. The number of halogens is 1. The second-order valence-electron chi connectivity index (χ2n) is 7.88. The van der Waals surface area contributed by atoms with Gasteiger partial charge in [0.2, 0.25) is 11.7 Å². The van der Waals surface area contributed by atoms with Crippen LogP contribution in [0.15, 0.2) is 47.2 Å². The lowest BCUT2D eigenvalue weighted by Gasteiger charge is -2.37. The van der Waals surface area contributed by atoms with Gasteiger partial charge in [0.25, 0.3) is 0 Å². The van der Waals surface area contributed by atoms with Crippen molar-refractivity contribution in [3.63, 3.8) is 0 Å². The maximum Gasteiger partial charge on any atom is 0.230 e. The summed E-state index contributed by atoms with van der Waals surface area (Å²) in [5.41, 5.74) is 1.63. The van der Waals surface area contributed by atoms with Gasteiger partial charge in [-0.05, 0) is 43.9 Å². The maximum atomic E-state index is 14.4. The van der Waals surface area contributed by atoms with Crippen LogP contribution >= 0.6 is 0 Å². The summed E-state index contributed by atoms with van der Waals surface area (Å²) in [5.74, 6) is 1.92. The van der Waals surface area contributed by atoms with Crippen LogP contribution in [-0.2, 0) is 6.54 Å². The van der Waals surface area contributed by atoms with Crippen LogP contribution in [-0.4, -0.2) is 39.2 Å². The molecule has 1 aromatic carbocycles. The summed E-state index contributed by atoms with van der Waals surface area (Å²) in [5, 5.41) is 4.16. The SMILES string of the molecule is COc1ccc(CN2[C@@H]3CC[C@H]2CC(c2nc(-c4ccncc4)no2)C3)c(F)c1. The van der Waals surface area contributed by atoms with E-state index in [4.69, 9.17) is 9.26 Å². The van der Waals surface area contributed by atoms with Crippen LogP contribution in [0.2, 0.25) is 0 Å². The van der Waals surface area contributed by atoms with Crippen molar-refractivity contribution < 1.29 is 13.7 Å². The summed E-state index contributed by atoms with van der Waals surface area (Å²) in [6.07, 6.45) is 7.64. The summed E-state index contributed by atoms with van der Waals surface area (Å²) >= 11 is 0. The Morgan fingerprint density at radius 1 is 1.14 bits per heavy atom. The lowest BCUT2D eigenvalue weighted by atomic mass is 9.90. The Labute approximate surface area is 168 Å². The van der Waals surface area contributed by atoms with Gasteiger partial charge in [-0.15, -0.1) is 0 Å². The van der Waals surface area contributed by atoms with Gasteiger partial charge in [0.05, 0.1) is 7.11 Å². The predicted octanol–water partition coefficient (Wildman–Crippen LogP) is 4.19. The van der Waals surface area contributed by atoms with E-state index in [9.17, 15) is 4.39 Å². The van der Waals surface area contributed by atoms with Gasteiger partial charge in [-0.1, -0.05) is 11.2 Å². The third-order valence-electron chi connectivity index (χ3n) is 6.23. The zero-order valence-electron chi connectivity index (χ0n) is 16.3. The third kappa shape index (κ3) is 3.51. The van der Waals surface area contributed by atoms with Gasteiger partial charge in [0.1, 0.15) is 11.6 Å². The van der Waals surface area contributed by atoms with Crippen LogP contribution in [0.4, 0.5) is 4.39 Å². The van der Waals surface area contributed by atoms with E-state index in [0.29, 0.717) is 36.1 Å². The second-order valence-corrected chi connectivity index (χ2v) is 7.88. The summed E-state index contributed by atoms with van der Waals surface area (Å²) in [6.45, 7) is 0.629. The molecule has 7 heteroatoms. The molecule has 5 rings (SSSR count). The minimum Gasteiger partial charge on any atom is -0.497 e. The average Bonchev–Trinajstić information content (AvgIpc) is 3.32. The Bertz CT molecular complexity index is 979. The van der Waals surface area contributed by atoms with Crippen molar-refractivity contribution in [3.8, 4) is 17.1 Å². The summed E-state index contributed by atoms with van der Waals surface area (Å²) in [4.78, 5) is 11.1. The average molecular weight is 394 g/mol. The fraction of sp³-hybridized carbons (Fsp3) is 0.409. The van der Waals surface area contributed by atoms with Gasteiger partial charge in [0.15, 0.2) is 0 Å². The molecule has 0 radical (unpaired) electrons. The molecular formula is C22H23FN4O2. The molecule has 3 atom stereocenters. The number of aromatic nitrogens is 3. The molecule has 0 aliphatic carbocycles. The van der Waals surface area contributed by atoms with Crippen LogP contribution in [0, 0.1) is 5.82 Å². The Morgan fingerprint density at radius 3 is 2.59 bits per heavy atom. The molecule has 2 aromatic heterocycles. The fourth-order valence-electron chi connectivity index (χ4n) is 4.73. The molecule has 2 aliphatic heterocycles. The first-order chi connectivity index (χ1) is 14.2. The van der Waals surface area contributed by atoms with Crippen LogP contribution in [0.1, 0.15) is 43.1 Å². The van der Waals surface area contributed by atoms with Gasteiger partial charge in [-0.3, -0.25) is 9.88 Å². The molecule has 1 unspecified atom stereocenters. The lowest BCUT2D eigenvalue weighted by molar-refractivity contribution is 0.107. The van der Waals surface area contributed by atoms with E-state index < -0.39 is 0 Å². The van der Waals surface area contributed by atoms with Gasteiger partial charge >= 0.3 is 0 Å². The normalized spacial score (nSPS) is 24.0. The highest BCUT2D eigenvalue weighted by atomic mass is 19.1. The van der Waals surface area contributed by atoms with Crippen LogP contribution in [0.3, 0.4) is 0 Å². The van der Waals surface area contributed by atoms with E-state index >= 15 is 0 Å². The molecule has 29 heavy (non-hydrogen) atoms. The highest BCUT2D eigenvalue weighted by molar-refractivity contribution is 5.52. The van der Waals surface area contributed by atoms with Crippen molar-refractivity contribution in [3.05, 3.63) is 60.0 Å². The van der Waals surface area contributed by atoms with Crippen LogP contribution in [0.5, 0.6) is 5.75 Å². The van der Waals surface area contributed by atoms with Gasteiger partial charge in [0, 0.05) is 54.1 Å². The van der Waals surface area contributed by atoms with Crippen molar-refractivity contribution in [2.75, 3.05) is 7.11 Å². The number of fused-ring (bicyclic) bond motifs is 2. The number of hydrogen-bond donors (Lipinski definition) is 0. The van der Waals surface area contributed by atoms with E-state index in [1.54, 1.807) is 19.5 Å². The van der Waals surface area contributed by atoms with Crippen molar-refractivity contribution in [1.82, 2.24) is 20.0 Å². The van der Waals surface area contributed by atoms with E-state index in [1.807, 2.05) is 24.3 Å². The zero-order valence-corrected chi connectivity index (χ0v) is 16.3. The largest absolute Gasteiger partial charge is 0.497 e. The molecule has 150 valence electrons.